The molecule has 31 heavy (non-hydrogen) atoms. The first-order valence-electron chi connectivity index (χ1n) is 10.1. The van der Waals surface area contributed by atoms with Gasteiger partial charge >= 0.3 is 0 Å². The molecular formula is C22H28N2O6S. The number of hydrogen-bond donors (Lipinski definition) is 1. The van der Waals surface area contributed by atoms with E-state index < -0.39 is 16.1 Å². The van der Waals surface area contributed by atoms with E-state index in [0.29, 0.717) is 31.1 Å². The lowest BCUT2D eigenvalue weighted by Crippen LogP contribution is -2.40. The van der Waals surface area contributed by atoms with E-state index in [9.17, 15) is 13.2 Å². The summed E-state index contributed by atoms with van der Waals surface area (Å²) in [5, 5.41) is 2.77. The van der Waals surface area contributed by atoms with Crippen molar-refractivity contribution in [3.63, 3.8) is 0 Å². The zero-order chi connectivity index (χ0) is 22.4. The molecule has 0 radical (unpaired) electrons. The average Bonchev–Trinajstić information content (AvgIpc) is 2.78. The number of morpholine rings is 1. The van der Waals surface area contributed by atoms with Crippen LogP contribution in [0, 0.1) is 6.92 Å². The molecule has 9 heteroatoms. The topological polar surface area (TPSA) is 94.2 Å². The largest absolute Gasteiger partial charge is 0.495 e. The van der Waals surface area contributed by atoms with Gasteiger partial charge in [0.15, 0.2) is 6.10 Å². The van der Waals surface area contributed by atoms with Crippen LogP contribution in [0.4, 0.5) is 5.69 Å². The molecule has 2 aromatic carbocycles. The zero-order valence-corrected chi connectivity index (χ0v) is 18.8. The number of ether oxygens (including phenoxy) is 3. The number of rotatable bonds is 8. The molecule has 0 bridgehead atoms. The molecule has 0 aromatic heterocycles. The van der Waals surface area contributed by atoms with E-state index in [0.717, 1.165) is 5.56 Å². The summed E-state index contributed by atoms with van der Waals surface area (Å²) in [6.45, 7) is 5.01. The van der Waals surface area contributed by atoms with Gasteiger partial charge in [-0.25, -0.2) is 8.42 Å². The summed E-state index contributed by atoms with van der Waals surface area (Å²) >= 11 is 0. The highest BCUT2D eigenvalue weighted by molar-refractivity contribution is 7.89. The smallest absolute Gasteiger partial charge is 0.265 e. The van der Waals surface area contributed by atoms with Crippen LogP contribution in [0.1, 0.15) is 18.9 Å². The predicted octanol–water partition coefficient (Wildman–Crippen LogP) is 2.82. The highest BCUT2D eigenvalue weighted by atomic mass is 32.2. The van der Waals surface area contributed by atoms with Crippen molar-refractivity contribution in [3.05, 3.63) is 48.0 Å². The Kier molecular flexibility index (Phi) is 7.53. The molecule has 0 aliphatic carbocycles. The number of methoxy groups -OCH3 is 1. The molecule has 3 rings (SSSR count). The number of nitrogens with one attached hydrogen (secondary N) is 1. The summed E-state index contributed by atoms with van der Waals surface area (Å²) in [5.74, 6) is 0.462. The molecule has 1 fully saturated rings. The van der Waals surface area contributed by atoms with E-state index in [-0.39, 0.29) is 29.6 Å². The van der Waals surface area contributed by atoms with Crippen LogP contribution >= 0.6 is 0 Å². The van der Waals surface area contributed by atoms with Gasteiger partial charge in [0.2, 0.25) is 10.0 Å². The Morgan fingerprint density at radius 2 is 1.94 bits per heavy atom. The molecule has 1 aliphatic rings. The third kappa shape index (κ3) is 5.55. The maximum Gasteiger partial charge on any atom is 0.265 e. The molecule has 1 N–H and O–H groups in total. The number of hydrogen-bond acceptors (Lipinski definition) is 6. The van der Waals surface area contributed by atoms with Crippen molar-refractivity contribution < 1.29 is 27.4 Å². The Morgan fingerprint density at radius 1 is 1.19 bits per heavy atom. The number of anilines is 1. The quantitative estimate of drug-likeness (QED) is 0.667. The van der Waals surface area contributed by atoms with Gasteiger partial charge in [-0.15, -0.1) is 0 Å². The van der Waals surface area contributed by atoms with E-state index >= 15 is 0 Å². The minimum absolute atomic E-state index is 0.00218. The van der Waals surface area contributed by atoms with Crippen molar-refractivity contribution in [2.24, 2.45) is 0 Å². The van der Waals surface area contributed by atoms with Crippen LogP contribution in [0.15, 0.2) is 47.4 Å². The summed E-state index contributed by atoms with van der Waals surface area (Å²) in [7, 11) is -2.38. The second kappa shape index (κ2) is 10.1. The third-order valence-corrected chi connectivity index (χ3v) is 6.87. The number of sulfonamides is 1. The second-order valence-electron chi connectivity index (χ2n) is 7.20. The molecule has 1 amide bonds. The maximum absolute atomic E-state index is 13.1. The molecule has 1 heterocycles. The molecule has 1 saturated heterocycles. The molecule has 168 valence electrons. The van der Waals surface area contributed by atoms with Crippen molar-refractivity contribution in [2.75, 3.05) is 38.7 Å². The lowest BCUT2D eigenvalue weighted by Gasteiger charge is -2.27. The fourth-order valence-electron chi connectivity index (χ4n) is 3.28. The van der Waals surface area contributed by atoms with Crippen molar-refractivity contribution in [1.29, 1.82) is 0 Å². The van der Waals surface area contributed by atoms with Gasteiger partial charge in [-0.05, 0) is 49.2 Å². The lowest BCUT2D eigenvalue weighted by molar-refractivity contribution is -0.122. The molecular weight excluding hydrogens is 420 g/mol. The predicted molar refractivity (Wildman–Crippen MR) is 117 cm³/mol. The Bertz CT molecular complexity index is 1020. The van der Waals surface area contributed by atoms with Crippen molar-refractivity contribution in [2.45, 2.75) is 31.3 Å². The first-order chi connectivity index (χ1) is 14.8. The van der Waals surface area contributed by atoms with Crippen LogP contribution in [0.2, 0.25) is 0 Å². The first kappa shape index (κ1) is 23.1. The van der Waals surface area contributed by atoms with Crippen molar-refractivity contribution in [1.82, 2.24) is 4.31 Å². The van der Waals surface area contributed by atoms with Gasteiger partial charge in [0.25, 0.3) is 5.91 Å². The van der Waals surface area contributed by atoms with Gasteiger partial charge in [-0.2, -0.15) is 4.31 Å². The summed E-state index contributed by atoms with van der Waals surface area (Å²) in [6, 6.07) is 12.0. The van der Waals surface area contributed by atoms with E-state index in [1.54, 1.807) is 12.1 Å². The standard InChI is InChI=1S/C22H28N2O6S/c1-4-19(30-18-7-5-6-16(2)14-18)22(25)23-17-8-9-20(28-3)21(15-17)31(26,27)24-10-12-29-13-11-24/h5-9,14-15,19H,4,10-13H2,1-3H3,(H,23,25)/t19-/m1/s1. The summed E-state index contributed by atoms with van der Waals surface area (Å²) in [6.07, 6.45) is -0.266. The fraction of sp³-hybridized carbons (Fsp3) is 0.409. The summed E-state index contributed by atoms with van der Waals surface area (Å²) in [5.41, 5.74) is 1.38. The number of carbonyl (C=O) groups is 1. The van der Waals surface area contributed by atoms with Gasteiger partial charge < -0.3 is 19.5 Å². The Balaban J connectivity index is 1.80. The molecule has 0 unspecified atom stereocenters. The van der Waals surface area contributed by atoms with Gasteiger partial charge in [0.1, 0.15) is 16.4 Å². The van der Waals surface area contributed by atoms with Crippen LogP contribution in [-0.4, -0.2) is 58.1 Å². The second-order valence-corrected chi connectivity index (χ2v) is 9.11. The normalized spacial score (nSPS) is 15.8. The van der Waals surface area contributed by atoms with Crippen molar-refractivity contribution in [3.8, 4) is 11.5 Å². The third-order valence-electron chi connectivity index (χ3n) is 4.95. The van der Waals surface area contributed by atoms with E-state index in [4.69, 9.17) is 14.2 Å². The zero-order valence-electron chi connectivity index (χ0n) is 18.0. The van der Waals surface area contributed by atoms with Gasteiger partial charge in [0, 0.05) is 18.8 Å². The highest BCUT2D eigenvalue weighted by Gasteiger charge is 2.30. The Morgan fingerprint density at radius 3 is 2.58 bits per heavy atom. The van der Waals surface area contributed by atoms with Gasteiger partial charge in [-0.1, -0.05) is 19.1 Å². The monoisotopic (exact) mass is 448 g/mol. The summed E-state index contributed by atoms with van der Waals surface area (Å²) < 4.78 is 44.0. The van der Waals surface area contributed by atoms with E-state index in [1.165, 1.54) is 23.5 Å². The van der Waals surface area contributed by atoms with Crippen LogP contribution in [0.5, 0.6) is 11.5 Å². The Hall–Kier alpha value is -2.62. The minimum atomic E-state index is -3.80. The number of nitrogens with zero attached hydrogens (tertiary/aromatic N) is 1. The molecule has 0 saturated carbocycles. The number of carbonyl (C=O) groups excluding carboxylic acids is 1. The van der Waals surface area contributed by atoms with Crippen LogP contribution in [0.25, 0.3) is 0 Å². The first-order valence-corrected chi connectivity index (χ1v) is 11.6. The van der Waals surface area contributed by atoms with E-state index in [2.05, 4.69) is 5.32 Å². The van der Waals surface area contributed by atoms with Gasteiger partial charge in [-0.3, -0.25) is 4.79 Å². The highest BCUT2D eigenvalue weighted by Crippen LogP contribution is 2.30. The Labute approximate surface area is 183 Å². The molecule has 8 nitrogen and oxygen atoms in total. The molecule has 1 atom stereocenters. The fourth-order valence-corrected chi connectivity index (χ4v) is 4.87. The minimum Gasteiger partial charge on any atom is -0.495 e. The molecule has 2 aromatic rings. The number of aryl methyl sites for hydroxylation is 1. The van der Waals surface area contributed by atoms with Gasteiger partial charge in [0.05, 0.1) is 20.3 Å². The lowest BCUT2D eigenvalue weighted by atomic mass is 10.2. The maximum atomic E-state index is 13.1. The van der Waals surface area contributed by atoms with Crippen LogP contribution < -0.4 is 14.8 Å². The van der Waals surface area contributed by atoms with E-state index in [1.807, 2.05) is 32.0 Å². The number of amides is 1. The van der Waals surface area contributed by atoms with Crippen LogP contribution in [-0.2, 0) is 19.6 Å². The van der Waals surface area contributed by atoms with Crippen molar-refractivity contribution >= 4 is 21.6 Å². The number of benzene rings is 2. The SMILES string of the molecule is CC[C@@H](Oc1cccc(C)c1)C(=O)Nc1ccc(OC)c(S(=O)(=O)N2CCOCC2)c1. The average molecular weight is 449 g/mol. The van der Waals surface area contributed by atoms with Crippen LogP contribution in [0.3, 0.4) is 0 Å². The molecule has 0 spiro atoms. The summed E-state index contributed by atoms with van der Waals surface area (Å²) in [4.78, 5) is 12.8. The molecule has 1 aliphatic heterocycles.